The Morgan fingerprint density at radius 3 is 2.47 bits per heavy atom. The van der Waals surface area contributed by atoms with Gasteiger partial charge in [0.2, 0.25) is 0 Å². The van der Waals surface area contributed by atoms with Crippen LogP contribution < -0.4 is 9.44 Å². The van der Waals surface area contributed by atoms with Crippen LogP contribution in [0, 0.1) is 5.82 Å². The van der Waals surface area contributed by atoms with Crippen LogP contribution in [0.2, 0.25) is 0 Å². The van der Waals surface area contributed by atoms with Gasteiger partial charge in [-0.3, -0.25) is 0 Å². The molecule has 0 saturated carbocycles. The first-order valence-corrected chi connectivity index (χ1v) is 5.79. The summed E-state index contributed by atoms with van der Waals surface area (Å²) in [6.45, 7) is 1.38. The first kappa shape index (κ1) is 13.3. The zero-order valence-electron chi connectivity index (χ0n) is 8.58. The average Bonchev–Trinajstić information content (AvgIpc) is 2.15. The van der Waals surface area contributed by atoms with Crippen molar-refractivity contribution in [1.29, 1.82) is 0 Å². The largest absolute Gasteiger partial charge is 0.464 e. The van der Waals surface area contributed by atoms with Gasteiger partial charge in [0.05, 0.1) is 18.4 Å². The highest BCUT2D eigenvalue weighted by molar-refractivity contribution is 7.88. The van der Waals surface area contributed by atoms with E-state index in [1.807, 2.05) is 4.72 Å². The zero-order chi connectivity index (χ0) is 13.1. The molecule has 17 heavy (non-hydrogen) atoms. The number of aromatic nitrogens is 2. The number of halogens is 1. The lowest BCUT2D eigenvalue weighted by molar-refractivity contribution is 0.201. The summed E-state index contributed by atoms with van der Waals surface area (Å²) in [5.74, 6) is -0.644. The van der Waals surface area contributed by atoms with Gasteiger partial charge in [-0.05, 0) is 6.92 Å². The number of carbonyl (C=O) groups is 1. The van der Waals surface area contributed by atoms with Crippen molar-refractivity contribution in [3.05, 3.63) is 24.0 Å². The van der Waals surface area contributed by atoms with Crippen LogP contribution in [0.15, 0.2) is 12.4 Å². The van der Waals surface area contributed by atoms with E-state index >= 15 is 0 Å². The molecule has 0 aliphatic rings. The SMILES string of the molecule is CC(NS(=O)(=O)NC(=O)O)c1ncc(F)cn1. The Hall–Kier alpha value is -1.81. The maximum absolute atomic E-state index is 12.5. The first-order chi connectivity index (χ1) is 7.80. The molecule has 3 N–H and O–H groups in total. The summed E-state index contributed by atoms with van der Waals surface area (Å²) in [5.41, 5.74) is 0. The van der Waals surface area contributed by atoms with Crippen LogP contribution in [0.25, 0.3) is 0 Å². The summed E-state index contributed by atoms with van der Waals surface area (Å²) in [6.07, 6.45) is 0.0277. The smallest absolute Gasteiger partial charge is 0.419 e. The number of hydrogen-bond acceptors (Lipinski definition) is 5. The Balaban J connectivity index is 2.75. The van der Waals surface area contributed by atoms with Crippen molar-refractivity contribution >= 4 is 16.3 Å². The fourth-order valence-corrected chi connectivity index (χ4v) is 1.84. The molecule has 1 amide bonds. The van der Waals surface area contributed by atoms with Crippen molar-refractivity contribution in [2.45, 2.75) is 13.0 Å². The van der Waals surface area contributed by atoms with Crippen LogP contribution in [0.1, 0.15) is 18.8 Å². The van der Waals surface area contributed by atoms with Gasteiger partial charge >= 0.3 is 16.3 Å². The second-order valence-electron chi connectivity index (χ2n) is 3.01. The van der Waals surface area contributed by atoms with Crippen LogP contribution in [-0.4, -0.2) is 29.6 Å². The number of amides is 1. The lowest BCUT2D eigenvalue weighted by Gasteiger charge is -2.11. The predicted octanol–water partition coefficient (Wildman–Crippen LogP) is -0.221. The predicted molar refractivity (Wildman–Crippen MR) is 53.6 cm³/mol. The zero-order valence-corrected chi connectivity index (χ0v) is 9.40. The maximum Gasteiger partial charge on any atom is 0.419 e. The normalized spacial score (nSPS) is 13.1. The summed E-state index contributed by atoms with van der Waals surface area (Å²) in [5, 5.41) is 8.26. The molecule has 10 heteroatoms. The van der Waals surface area contributed by atoms with Gasteiger partial charge in [-0.2, -0.15) is 13.1 Å². The molecule has 0 saturated heterocycles. The molecule has 1 rings (SSSR count). The average molecular weight is 264 g/mol. The number of carboxylic acid groups (broad SMARTS) is 1. The number of nitrogens with one attached hydrogen (secondary N) is 2. The van der Waals surface area contributed by atoms with Crippen molar-refractivity contribution in [3.8, 4) is 0 Å². The third-order valence-electron chi connectivity index (χ3n) is 1.58. The Kier molecular flexibility index (Phi) is 3.91. The lowest BCUT2D eigenvalue weighted by Crippen LogP contribution is -2.40. The quantitative estimate of drug-likeness (QED) is 0.691. The molecular weight excluding hydrogens is 255 g/mol. The van der Waals surface area contributed by atoms with Gasteiger partial charge < -0.3 is 5.11 Å². The van der Waals surface area contributed by atoms with Gasteiger partial charge in [-0.25, -0.2) is 23.9 Å². The Morgan fingerprint density at radius 2 is 2.00 bits per heavy atom. The molecule has 1 atom stereocenters. The molecule has 0 radical (unpaired) electrons. The Labute approximate surface area is 96.1 Å². The van der Waals surface area contributed by atoms with Crippen molar-refractivity contribution in [3.63, 3.8) is 0 Å². The molecule has 1 unspecified atom stereocenters. The molecule has 94 valence electrons. The minimum atomic E-state index is -4.21. The van der Waals surface area contributed by atoms with E-state index in [1.54, 1.807) is 0 Å². The molecule has 0 fully saturated rings. The minimum Gasteiger partial charge on any atom is -0.464 e. The summed E-state index contributed by atoms with van der Waals surface area (Å²) in [7, 11) is -4.21. The van der Waals surface area contributed by atoms with Crippen LogP contribution in [0.5, 0.6) is 0 Å². The monoisotopic (exact) mass is 264 g/mol. The molecule has 0 spiro atoms. The summed E-state index contributed by atoms with van der Waals surface area (Å²) < 4.78 is 38.1. The third kappa shape index (κ3) is 4.28. The van der Waals surface area contributed by atoms with E-state index in [0.29, 0.717) is 0 Å². The highest BCUT2D eigenvalue weighted by Crippen LogP contribution is 2.06. The Bertz CT molecular complexity index is 503. The van der Waals surface area contributed by atoms with Crippen LogP contribution in [0.4, 0.5) is 9.18 Å². The molecule has 0 aliphatic carbocycles. The van der Waals surface area contributed by atoms with E-state index in [0.717, 1.165) is 12.4 Å². The molecule has 1 aromatic rings. The summed E-state index contributed by atoms with van der Waals surface area (Å²) >= 11 is 0. The highest BCUT2D eigenvalue weighted by atomic mass is 32.2. The molecule has 0 aromatic carbocycles. The van der Waals surface area contributed by atoms with Crippen molar-refractivity contribution in [1.82, 2.24) is 19.4 Å². The molecule has 0 bridgehead atoms. The van der Waals surface area contributed by atoms with E-state index < -0.39 is 28.2 Å². The van der Waals surface area contributed by atoms with Gasteiger partial charge in [0, 0.05) is 0 Å². The van der Waals surface area contributed by atoms with E-state index in [-0.39, 0.29) is 5.82 Å². The van der Waals surface area contributed by atoms with Crippen molar-refractivity contribution in [2.24, 2.45) is 0 Å². The molecular formula is C7H9FN4O4S. The third-order valence-corrected chi connectivity index (χ3v) is 2.69. The number of rotatable bonds is 4. The highest BCUT2D eigenvalue weighted by Gasteiger charge is 2.19. The van der Waals surface area contributed by atoms with E-state index in [1.165, 1.54) is 11.6 Å². The fraction of sp³-hybridized carbons (Fsp3) is 0.286. The van der Waals surface area contributed by atoms with Crippen LogP contribution >= 0.6 is 0 Å². The minimum absolute atomic E-state index is 0.0159. The Morgan fingerprint density at radius 1 is 1.47 bits per heavy atom. The topological polar surface area (TPSA) is 121 Å². The van der Waals surface area contributed by atoms with E-state index in [2.05, 4.69) is 9.97 Å². The number of hydrogen-bond donors (Lipinski definition) is 3. The standard InChI is InChI=1S/C7H9FN4O4S/c1-4(6-9-2-5(8)3-10-6)11-17(15,16)12-7(13)14/h2-4,11-12H,1H3,(H,13,14). The van der Waals surface area contributed by atoms with E-state index in [9.17, 15) is 17.6 Å². The molecule has 1 aromatic heterocycles. The van der Waals surface area contributed by atoms with Gasteiger partial charge in [0.15, 0.2) is 5.82 Å². The van der Waals surface area contributed by atoms with Crippen molar-refractivity contribution in [2.75, 3.05) is 0 Å². The summed E-state index contributed by atoms with van der Waals surface area (Å²) in [6, 6.07) is -0.896. The van der Waals surface area contributed by atoms with Crippen LogP contribution in [0.3, 0.4) is 0 Å². The van der Waals surface area contributed by atoms with Gasteiger partial charge in [-0.1, -0.05) is 0 Å². The number of nitrogens with zero attached hydrogens (tertiary/aromatic N) is 2. The van der Waals surface area contributed by atoms with Gasteiger partial charge in [-0.15, -0.1) is 0 Å². The van der Waals surface area contributed by atoms with Crippen molar-refractivity contribution < 1.29 is 22.7 Å². The lowest BCUT2D eigenvalue weighted by atomic mass is 10.3. The maximum atomic E-state index is 12.5. The van der Waals surface area contributed by atoms with Gasteiger partial charge in [0.1, 0.15) is 5.82 Å². The second-order valence-corrected chi connectivity index (χ2v) is 4.46. The second kappa shape index (κ2) is 5.01. The first-order valence-electron chi connectivity index (χ1n) is 4.30. The summed E-state index contributed by atoms with van der Waals surface area (Å²) in [4.78, 5) is 17.3. The van der Waals surface area contributed by atoms with Gasteiger partial charge in [0.25, 0.3) is 0 Å². The van der Waals surface area contributed by atoms with Crippen LogP contribution in [-0.2, 0) is 10.2 Å². The molecule has 1 heterocycles. The molecule has 8 nitrogen and oxygen atoms in total. The fourth-order valence-electron chi connectivity index (χ4n) is 0.976. The molecule has 0 aliphatic heterocycles. The van der Waals surface area contributed by atoms with E-state index in [4.69, 9.17) is 5.11 Å².